The monoisotopic (exact) mass is 227 g/mol. The maximum Gasteiger partial charge on any atom is 0.0947 e. The van der Waals surface area contributed by atoms with Gasteiger partial charge in [-0.25, -0.2) is 4.98 Å². The van der Waals surface area contributed by atoms with E-state index in [0.29, 0.717) is 5.88 Å². The smallest absolute Gasteiger partial charge is 0.0947 e. The number of aromatic nitrogens is 3. The van der Waals surface area contributed by atoms with E-state index in [0.717, 1.165) is 23.7 Å². The fourth-order valence-electron chi connectivity index (χ4n) is 1.17. The van der Waals surface area contributed by atoms with Gasteiger partial charge in [-0.05, 0) is 6.07 Å². The summed E-state index contributed by atoms with van der Waals surface area (Å²) in [6.45, 7) is 0.877. The minimum atomic E-state index is 0.498. The average Bonchev–Trinajstić information content (AvgIpc) is 2.86. The molecule has 5 heteroatoms. The number of hydrogen-bond donors (Lipinski definition) is 0. The summed E-state index contributed by atoms with van der Waals surface area (Å²) in [5, 5.41) is 7.25. The van der Waals surface area contributed by atoms with Crippen molar-refractivity contribution in [3.05, 3.63) is 34.5 Å². The van der Waals surface area contributed by atoms with E-state index in [4.69, 9.17) is 11.6 Å². The molecule has 0 amide bonds. The predicted molar refractivity (Wildman–Crippen MR) is 57.6 cm³/mol. The molecule has 2 aromatic heterocycles. The van der Waals surface area contributed by atoms with Gasteiger partial charge in [0.05, 0.1) is 16.6 Å². The molecule has 0 aromatic carbocycles. The van der Waals surface area contributed by atoms with Crippen LogP contribution in [0, 0.1) is 0 Å². The van der Waals surface area contributed by atoms with E-state index in [1.807, 2.05) is 22.3 Å². The Morgan fingerprint density at radius 1 is 1.50 bits per heavy atom. The van der Waals surface area contributed by atoms with Crippen molar-refractivity contribution in [2.75, 3.05) is 0 Å². The molecule has 0 aliphatic carbocycles. The summed E-state index contributed by atoms with van der Waals surface area (Å²) in [4.78, 5) is 4.37. The summed E-state index contributed by atoms with van der Waals surface area (Å²) in [5.74, 6) is 0.498. The Morgan fingerprint density at radius 3 is 3.07 bits per heavy atom. The molecule has 74 valence electrons. The fourth-order valence-corrected chi connectivity index (χ4v) is 2.18. The van der Waals surface area contributed by atoms with E-state index in [9.17, 15) is 0 Å². The molecule has 0 aliphatic rings. The second-order valence-corrected chi connectivity index (χ2v) is 4.10. The molecule has 2 rings (SSSR count). The molecule has 0 atom stereocenters. The maximum absolute atomic E-state index is 5.67. The van der Waals surface area contributed by atoms with Crippen molar-refractivity contribution < 1.29 is 0 Å². The van der Waals surface area contributed by atoms with Crippen molar-refractivity contribution in [2.45, 2.75) is 18.8 Å². The van der Waals surface area contributed by atoms with Crippen molar-refractivity contribution in [2.24, 2.45) is 0 Å². The van der Waals surface area contributed by atoms with Gasteiger partial charge < -0.3 is 0 Å². The molecule has 0 radical (unpaired) electrons. The highest BCUT2D eigenvalue weighted by molar-refractivity contribution is 7.09. The highest BCUT2D eigenvalue weighted by atomic mass is 35.5. The molecular weight excluding hydrogens is 218 g/mol. The zero-order chi connectivity index (χ0) is 9.80. The van der Waals surface area contributed by atoms with E-state index in [1.54, 1.807) is 17.5 Å². The van der Waals surface area contributed by atoms with Crippen LogP contribution in [0.2, 0.25) is 0 Å². The summed E-state index contributed by atoms with van der Waals surface area (Å²) in [7, 11) is 0. The van der Waals surface area contributed by atoms with Crippen LogP contribution < -0.4 is 0 Å². The topological polar surface area (TPSA) is 30.7 Å². The van der Waals surface area contributed by atoms with E-state index >= 15 is 0 Å². The Kier molecular flexibility index (Phi) is 3.16. The van der Waals surface area contributed by atoms with Crippen LogP contribution in [0.5, 0.6) is 0 Å². The van der Waals surface area contributed by atoms with Gasteiger partial charge in [-0.1, -0.05) is 0 Å². The number of halogens is 1. The maximum atomic E-state index is 5.67. The molecule has 0 saturated heterocycles. The molecule has 3 nitrogen and oxygen atoms in total. The van der Waals surface area contributed by atoms with Gasteiger partial charge in [0.15, 0.2) is 0 Å². The van der Waals surface area contributed by atoms with Gasteiger partial charge in [0.25, 0.3) is 0 Å². The summed E-state index contributed by atoms with van der Waals surface area (Å²) < 4.78 is 1.90. The molecule has 0 fully saturated rings. The minimum absolute atomic E-state index is 0.498. The molecule has 0 bridgehead atoms. The predicted octanol–water partition coefficient (Wildman–Crippen LogP) is 2.32. The lowest BCUT2D eigenvalue weighted by Gasteiger charge is -1.97. The largest absolute Gasteiger partial charge is 0.272 e. The third kappa shape index (κ3) is 2.33. The Labute approximate surface area is 91.4 Å². The third-order valence-electron chi connectivity index (χ3n) is 1.85. The zero-order valence-corrected chi connectivity index (χ0v) is 9.13. The first-order chi connectivity index (χ1) is 6.88. The standard InChI is InChI=1S/C9H10ClN3S/c10-6-8-7-14-9(12-8)2-5-13-4-1-3-11-13/h1,3-4,7H,2,5-6H2. The second kappa shape index (κ2) is 4.57. The van der Waals surface area contributed by atoms with E-state index in [2.05, 4.69) is 10.1 Å². The number of nitrogens with zero attached hydrogens (tertiary/aromatic N) is 3. The van der Waals surface area contributed by atoms with Crippen LogP contribution in [0.15, 0.2) is 23.8 Å². The quantitative estimate of drug-likeness (QED) is 0.751. The number of rotatable bonds is 4. The molecule has 0 spiro atoms. The van der Waals surface area contributed by atoms with Gasteiger partial charge in [-0.2, -0.15) is 5.10 Å². The molecule has 0 N–H and O–H groups in total. The Balaban J connectivity index is 1.92. The molecule has 2 heterocycles. The normalized spacial score (nSPS) is 10.6. The van der Waals surface area contributed by atoms with E-state index in [1.165, 1.54) is 0 Å². The number of alkyl halides is 1. The Bertz CT molecular complexity index is 382. The first-order valence-corrected chi connectivity index (χ1v) is 5.76. The van der Waals surface area contributed by atoms with Crippen molar-refractivity contribution in [3.63, 3.8) is 0 Å². The molecule has 0 aliphatic heterocycles. The first kappa shape index (κ1) is 9.68. The van der Waals surface area contributed by atoms with E-state index < -0.39 is 0 Å². The SMILES string of the molecule is ClCc1csc(CCn2cccn2)n1. The number of aryl methyl sites for hydroxylation is 2. The average molecular weight is 228 g/mol. The lowest BCUT2D eigenvalue weighted by molar-refractivity contribution is 0.613. The second-order valence-electron chi connectivity index (χ2n) is 2.89. The van der Waals surface area contributed by atoms with Gasteiger partial charge in [0.1, 0.15) is 0 Å². The van der Waals surface area contributed by atoms with Gasteiger partial charge in [-0.15, -0.1) is 22.9 Å². The van der Waals surface area contributed by atoms with Crippen LogP contribution in [-0.2, 0) is 18.8 Å². The summed E-state index contributed by atoms with van der Waals surface area (Å²) >= 11 is 7.33. The van der Waals surface area contributed by atoms with Crippen molar-refractivity contribution in [3.8, 4) is 0 Å². The van der Waals surface area contributed by atoms with Crippen molar-refractivity contribution in [1.82, 2.24) is 14.8 Å². The fraction of sp³-hybridized carbons (Fsp3) is 0.333. The third-order valence-corrected chi connectivity index (χ3v) is 3.08. The molecule has 14 heavy (non-hydrogen) atoms. The Hall–Kier alpha value is -0.870. The molecule has 0 unspecified atom stereocenters. The van der Waals surface area contributed by atoms with Crippen LogP contribution >= 0.6 is 22.9 Å². The number of hydrogen-bond acceptors (Lipinski definition) is 3. The van der Waals surface area contributed by atoms with Crippen LogP contribution in [0.4, 0.5) is 0 Å². The van der Waals surface area contributed by atoms with Crippen LogP contribution in [0.3, 0.4) is 0 Å². The summed E-state index contributed by atoms with van der Waals surface area (Å²) in [6.07, 6.45) is 4.66. The van der Waals surface area contributed by atoms with Crippen molar-refractivity contribution in [1.29, 1.82) is 0 Å². The first-order valence-electron chi connectivity index (χ1n) is 4.35. The van der Waals surface area contributed by atoms with Crippen LogP contribution in [0.1, 0.15) is 10.7 Å². The van der Waals surface area contributed by atoms with Gasteiger partial charge >= 0.3 is 0 Å². The minimum Gasteiger partial charge on any atom is -0.272 e. The highest BCUT2D eigenvalue weighted by Crippen LogP contribution is 2.12. The molecule has 2 aromatic rings. The summed E-state index contributed by atoms with van der Waals surface area (Å²) in [6, 6.07) is 1.92. The highest BCUT2D eigenvalue weighted by Gasteiger charge is 2.01. The van der Waals surface area contributed by atoms with Crippen LogP contribution in [-0.4, -0.2) is 14.8 Å². The van der Waals surface area contributed by atoms with Gasteiger partial charge in [0.2, 0.25) is 0 Å². The van der Waals surface area contributed by atoms with E-state index in [-0.39, 0.29) is 0 Å². The Morgan fingerprint density at radius 2 is 2.43 bits per heavy atom. The van der Waals surface area contributed by atoms with Gasteiger partial charge in [0, 0.05) is 30.7 Å². The summed E-state index contributed by atoms with van der Waals surface area (Å²) in [5.41, 5.74) is 0.965. The molecular formula is C9H10ClN3S. The van der Waals surface area contributed by atoms with Crippen molar-refractivity contribution >= 4 is 22.9 Å². The number of thiazole rings is 1. The lowest BCUT2D eigenvalue weighted by Crippen LogP contribution is -2.01. The van der Waals surface area contributed by atoms with Crippen LogP contribution in [0.25, 0.3) is 0 Å². The zero-order valence-electron chi connectivity index (χ0n) is 7.56. The lowest BCUT2D eigenvalue weighted by atomic mass is 10.4. The molecule has 0 saturated carbocycles. The van der Waals surface area contributed by atoms with Gasteiger partial charge in [-0.3, -0.25) is 4.68 Å².